The van der Waals surface area contributed by atoms with Gasteiger partial charge in [-0.25, -0.2) is 0 Å². The number of ether oxygens (including phenoxy) is 1. The molecule has 2 rings (SSSR count). The Morgan fingerprint density at radius 3 is 2.47 bits per heavy atom. The van der Waals surface area contributed by atoms with Crippen LogP contribution < -0.4 is 10.5 Å². The highest BCUT2D eigenvalue weighted by Crippen LogP contribution is 2.28. The number of hydrogen-bond acceptors (Lipinski definition) is 3. The van der Waals surface area contributed by atoms with Gasteiger partial charge in [0.15, 0.2) is 0 Å². The van der Waals surface area contributed by atoms with Crippen LogP contribution in [0.15, 0.2) is 46.9 Å². The zero-order chi connectivity index (χ0) is 13.7. The molecule has 0 saturated heterocycles. The molecule has 0 amide bonds. The number of aliphatic hydroxyl groups excluding tert-OH is 1. The fourth-order valence-electron chi connectivity index (χ4n) is 1.79. The van der Waals surface area contributed by atoms with Crippen LogP contribution in [0.3, 0.4) is 0 Å². The third kappa shape index (κ3) is 3.80. The average molecular weight is 322 g/mol. The van der Waals surface area contributed by atoms with E-state index < -0.39 is 0 Å². The van der Waals surface area contributed by atoms with E-state index in [2.05, 4.69) is 15.9 Å². The maximum Gasteiger partial charge on any atom is 0.131 e. The van der Waals surface area contributed by atoms with Gasteiger partial charge < -0.3 is 15.6 Å². The second-order valence-electron chi connectivity index (χ2n) is 4.18. The summed E-state index contributed by atoms with van der Waals surface area (Å²) in [5.41, 5.74) is 7.75. The summed E-state index contributed by atoms with van der Waals surface area (Å²) in [5, 5.41) is 8.87. The molecule has 0 radical (unpaired) electrons. The smallest absolute Gasteiger partial charge is 0.131 e. The van der Waals surface area contributed by atoms with Gasteiger partial charge in [-0.3, -0.25) is 0 Å². The lowest BCUT2D eigenvalue weighted by atomic mass is 10.1. The average Bonchev–Trinajstić information content (AvgIpc) is 2.43. The van der Waals surface area contributed by atoms with Crippen molar-refractivity contribution < 1.29 is 9.84 Å². The van der Waals surface area contributed by atoms with Crippen molar-refractivity contribution in [3.05, 3.63) is 58.1 Å². The van der Waals surface area contributed by atoms with Gasteiger partial charge in [-0.05, 0) is 42.3 Å². The van der Waals surface area contributed by atoms with Crippen LogP contribution in [-0.4, -0.2) is 11.7 Å². The maximum absolute atomic E-state index is 8.87. The summed E-state index contributed by atoms with van der Waals surface area (Å²) in [7, 11) is 0. The fraction of sp³-hybridized carbons (Fsp3) is 0.200. The topological polar surface area (TPSA) is 55.5 Å². The first-order valence-corrected chi connectivity index (χ1v) is 6.88. The highest BCUT2D eigenvalue weighted by molar-refractivity contribution is 9.10. The number of aliphatic hydroxyl groups is 1. The lowest BCUT2D eigenvalue weighted by Crippen LogP contribution is -1.99. The molecule has 3 N–H and O–H groups in total. The quantitative estimate of drug-likeness (QED) is 0.888. The molecule has 0 spiro atoms. The lowest BCUT2D eigenvalue weighted by molar-refractivity contribution is 0.299. The highest BCUT2D eigenvalue weighted by Gasteiger charge is 2.04. The van der Waals surface area contributed by atoms with Crippen molar-refractivity contribution in [1.29, 1.82) is 0 Å². The van der Waals surface area contributed by atoms with Gasteiger partial charge in [0.25, 0.3) is 0 Å². The van der Waals surface area contributed by atoms with Gasteiger partial charge in [0.2, 0.25) is 0 Å². The van der Waals surface area contributed by atoms with Crippen LogP contribution in [0.5, 0.6) is 11.5 Å². The summed E-state index contributed by atoms with van der Waals surface area (Å²) in [6, 6.07) is 13.5. The molecular weight excluding hydrogens is 306 g/mol. The fourth-order valence-corrected chi connectivity index (χ4v) is 2.20. The van der Waals surface area contributed by atoms with E-state index in [1.165, 1.54) is 0 Å². The van der Waals surface area contributed by atoms with Crippen molar-refractivity contribution in [2.75, 3.05) is 6.61 Å². The van der Waals surface area contributed by atoms with Crippen molar-refractivity contribution >= 4 is 15.9 Å². The highest BCUT2D eigenvalue weighted by atomic mass is 79.9. The van der Waals surface area contributed by atoms with Crippen LogP contribution in [0, 0.1) is 0 Å². The lowest BCUT2D eigenvalue weighted by Gasteiger charge is -2.11. The van der Waals surface area contributed by atoms with Crippen LogP contribution in [0.4, 0.5) is 0 Å². The molecule has 2 aromatic carbocycles. The molecule has 0 aliphatic heterocycles. The first kappa shape index (κ1) is 14.1. The molecule has 19 heavy (non-hydrogen) atoms. The molecule has 4 heteroatoms. The van der Waals surface area contributed by atoms with Crippen molar-refractivity contribution in [2.45, 2.75) is 13.0 Å². The molecule has 100 valence electrons. The summed E-state index contributed by atoms with van der Waals surface area (Å²) in [5.74, 6) is 1.53. The molecule has 0 heterocycles. The summed E-state index contributed by atoms with van der Waals surface area (Å²) < 4.78 is 6.81. The van der Waals surface area contributed by atoms with Gasteiger partial charge in [0, 0.05) is 23.2 Å². The van der Waals surface area contributed by atoms with E-state index in [1.807, 2.05) is 42.5 Å². The first-order chi connectivity index (χ1) is 9.22. The Morgan fingerprint density at radius 1 is 1.11 bits per heavy atom. The van der Waals surface area contributed by atoms with Crippen molar-refractivity contribution in [3.63, 3.8) is 0 Å². The van der Waals surface area contributed by atoms with E-state index in [9.17, 15) is 0 Å². The van der Waals surface area contributed by atoms with Gasteiger partial charge >= 0.3 is 0 Å². The summed E-state index contributed by atoms with van der Waals surface area (Å²) in [6.07, 6.45) is 0.659. The van der Waals surface area contributed by atoms with Gasteiger partial charge in [-0.1, -0.05) is 28.1 Å². The number of nitrogens with two attached hydrogens (primary N) is 1. The molecule has 0 fully saturated rings. The minimum Gasteiger partial charge on any atom is -0.457 e. The second kappa shape index (κ2) is 6.70. The number of halogens is 1. The van der Waals surface area contributed by atoms with Gasteiger partial charge in [-0.15, -0.1) is 0 Å². The minimum absolute atomic E-state index is 0.157. The molecule has 0 unspecified atom stereocenters. The number of benzene rings is 2. The van der Waals surface area contributed by atoms with E-state index in [1.54, 1.807) is 0 Å². The Kier molecular flexibility index (Phi) is 4.96. The molecule has 3 nitrogen and oxygen atoms in total. The van der Waals surface area contributed by atoms with E-state index in [4.69, 9.17) is 15.6 Å². The second-order valence-corrected chi connectivity index (χ2v) is 5.09. The Labute approximate surface area is 121 Å². The van der Waals surface area contributed by atoms with Crippen molar-refractivity contribution in [3.8, 4) is 11.5 Å². The zero-order valence-electron chi connectivity index (χ0n) is 10.5. The SMILES string of the molecule is NCc1cc(Br)ccc1Oc1ccc(CCO)cc1. The van der Waals surface area contributed by atoms with Crippen LogP contribution in [0.1, 0.15) is 11.1 Å². The molecule has 0 aromatic heterocycles. The van der Waals surface area contributed by atoms with Gasteiger partial charge in [0.1, 0.15) is 11.5 Å². The van der Waals surface area contributed by atoms with E-state index in [0.717, 1.165) is 27.1 Å². The molecule has 0 aliphatic carbocycles. The van der Waals surface area contributed by atoms with Crippen LogP contribution in [0.2, 0.25) is 0 Å². The third-order valence-electron chi connectivity index (χ3n) is 2.79. The Morgan fingerprint density at radius 2 is 1.84 bits per heavy atom. The normalized spacial score (nSPS) is 10.5. The van der Waals surface area contributed by atoms with Crippen LogP contribution in [-0.2, 0) is 13.0 Å². The molecule has 0 saturated carbocycles. The maximum atomic E-state index is 8.87. The third-order valence-corrected chi connectivity index (χ3v) is 3.29. The Hall–Kier alpha value is -1.36. The van der Waals surface area contributed by atoms with Crippen molar-refractivity contribution in [2.24, 2.45) is 5.73 Å². The van der Waals surface area contributed by atoms with E-state index >= 15 is 0 Å². The van der Waals surface area contributed by atoms with Crippen LogP contribution >= 0.6 is 15.9 Å². The van der Waals surface area contributed by atoms with Gasteiger partial charge in [0.05, 0.1) is 0 Å². The van der Waals surface area contributed by atoms with Crippen molar-refractivity contribution in [1.82, 2.24) is 0 Å². The molecule has 0 atom stereocenters. The molecule has 2 aromatic rings. The monoisotopic (exact) mass is 321 g/mol. The van der Waals surface area contributed by atoms with E-state index in [0.29, 0.717) is 13.0 Å². The minimum atomic E-state index is 0.157. The van der Waals surface area contributed by atoms with E-state index in [-0.39, 0.29) is 6.61 Å². The summed E-state index contributed by atoms with van der Waals surface area (Å²) in [6.45, 7) is 0.585. The number of hydrogen-bond donors (Lipinski definition) is 2. The molecular formula is C15H16BrNO2. The van der Waals surface area contributed by atoms with Gasteiger partial charge in [-0.2, -0.15) is 0 Å². The molecule has 0 aliphatic rings. The summed E-state index contributed by atoms with van der Waals surface area (Å²) in [4.78, 5) is 0. The molecule has 0 bridgehead atoms. The Balaban J connectivity index is 2.16. The summed E-state index contributed by atoms with van der Waals surface area (Å²) >= 11 is 3.41. The predicted molar refractivity (Wildman–Crippen MR) is 79.3 cm³/mol. The van der Waals surface area contributed by atoms with Crippen LogP contribution in [0.25, 0.3) is 0 Å². The number of rotatable bonds is 5. The zero-order valence-corrected chi connectivity index (χ0v) is 12.1. The first-order valence-electron chi connectivity index (χ1n) is 6.09. The largest absolute Gasteiger partial charge is 0.457 e. The predicted octanol–water partition coefficient (Wildman–Crippen LogP) is 3.23. The standard InChI is InChI=1S/C15H16BrNO2/c16-13-3-6-15(12(9-13)10-17)19-14-4-1-11(2-5-14)7-8-18/h1-6,9,18H,7-8,10,17H2. The Bertz CT molecular complexity index is 540.